The highest BCUT2D eigenvalue weighted by atomic mass is 16.2. The summed E-state index contributed by atoms with van der Waals surface area (Å²) in [6.45, 7) is 3.98. The monoisotopic (exact) mass is 510 g/mol. The van der Waals surface area contributed by atoms with E-state index in [0.717, 1.165) is 66.5 Å². The van der Waals surface area contributed by atoms with Crippen molar-refractivity contribution in [2.75, 3.05) is 5.32 Å². The molecule has 38 heavy (non-hydrogen) atoms. The average Bonchev–Trinajstić information content (AvgIpc) is 3.76. The highest BCUT2D eigenvalue weighted by Gasteiger charge is 2.32. The van der Waals surface area contributed by atoms with Crippen molar-refractivity contribution in [3.8, 4) is 22.4 Å². The summed E-state index contributed by atoms with van der Waals surface area (Å²) in [6, 6.07) is 20.6. The summed E-state index contributed by atoms with van der Waals surface area (Å²) in [7, 11) is 0. The number of hydrogen-bond donors (Lipinski definition) is 3. The minimum absolute atomic E-state index is 0.0126. The Morgan fingerprint density at radius 2 is 1.61 bits per heavy atom. The average molecular weight is 511 g/mol. The third kappa shape index (κ3) is 6.48. The fraction of sp³-hybridized carbons (Fsp3) is 0.406. The molecule has 3 aromatic rings. The third-order valence-electron chi connectivity index (χ3n) is 7.77. The van der Waals surface area contributed by atoms with Crippen LogP contribution in [0.5, 0.6) is 0 Å². The minimum atomic E-state index is -0.411. The van der Waals surface area contributed by atoms with Crippen LogP contribution in [0.2, 0.25) is 0 Å². The first-order valence-corrected chi connectivity index (χ1v) is 13.8. The normalized spacial score (nSPS) is 19.6. The summed E-state index contributed by atoms with van der Waals surface area (Å²) < 4.78 is 0. The second-order valence-electron chi connectivity index (χ2n) is 11.5. The van der Waals surface area contributed by atoms with E-state index in [4.69, 9.17) is 10.7 Å². The van der Waals surface area contributed by atoms with Gasteiger partial charge in [-0.1, -0.05) is 54.6 Å². The number of carbonyl (C=O) groups excluding carboxylic acids is 2. The van der Waals surface area contributed by atoms with Crippen molar-refractivity contribution in [2.45, 2.75) is 70.4 Å². The maximum Gasteiger partial charge on any atom is 0.224 e. The summed E-state index contributed by atoms with van der Waals surface area (Å²) >= 11 is 0. The van der Waals surface area contributed by atoms with Gasteiger partial charge in [-0.15, -0.1) is 0 Å². The van der Waals surface area contributed by atoms with Gasteiger partial charge in [0.2, 0.25) is 11.8 Å². The Morgan fingerprint density at radius 1 is 0.921 bits per heavy atom. The minimum Gasteiger partial charge on any atom is -0.353 e. The fourth-order valence-electron chi connectivity index (χ4n) is 5.31. The van der Waals surface area contributed by atoms with Gasteiger partial charge in [0.25, 0.3) is 0 Å². The number of nitrogens with zero attached hydrogens (tertiary/aromatic N) is 1. The van der Waals surface area contributed by atoms with Crippen molar-refractivity contribution in [3.05, 3.63) is 72.4 Å². The lowest BCUT2D eigenvalue weighted by Crippen LogP contribution is -2.38. The van der Waals surface area contributed by atoms with Crippen molar-refractivity contribution < 1.29 is 9.59 Å². The second kappa shape index (κ2) is 11.1. The predicted octanol–water partition coefficient (Wildman–Crippen LogP) is 6.02. The third-order valence-corrected chi connectivity index (χ3v) is 7.77. The van der Waals surface area contributed by atoms with E-state index in [0.29, 0.717) is 18.0 Å². The summed E-state index contributed by atoms with van der Waals surface area (Å²) in [4.78, 5) is 29.8. The Labute approximate surface area is 225 Å². The second-order valence-corrected chi connectivity index (χ2v) is 11.5. The van der Waals surface area contributed by atoms with Crippen molar-refractivity contribution in [1.29, 1.82) is 0 Å². The number of nitrogens with one attached hydrogen (secondary N) is 2. The molecular formula is C32H38N4O2. The molecule has 2 fully saturated rings. The van der Waals surface area contributed by atoms with Crippen molar-refractivity contribution in [3.63, 3.8) is 0 Å². The van der Waals surface area contributed by atoms with Gasteiger partial charge in [0.05, 0.1) is 17.6 Å². The number of benzene rings is 2. The number of anilines is 1. The molecular weight excluding hydrogens is 472 g/mol. The maximum atomic E-state index is 13.0. The molecule has 5 rings (SSSR count). The highest BCUT2D eigenvalue weighted by Crippen LogP contribution is 2.34. The van der Waals surface area contributed by atoms with Gasteiger partial charge in [-0.2, -0.15) is 0 Å². The maximum absolute atomic E-state index is 13.0. The summed E-state index contributed by atoms with van der Waals surface area (Å²) in [5.74, 6) is 0.820. The van der Waals surface area contributed by atoms with Gasteiger partial charge in [-0.05, 0) is 75.5 Å². The van der Waals surface area contributed by atoms with Gasteiger partial charge >= 0.3 is 0 Å². The Kier molecular flexibility index (Phi) is 7.61. The van der Waals surface area contributed by atoms with Crippen molar-refractivity contribution in [2.24, 2.45) is 17.6 Å². The molecule has 6 nitrogen and oxygen atoms in total. The molecule has 4 N–H and O–H groups in total. The smallest absolute Gasteiger partial charge is 0.224 e. The predicted molar refractivity (Wildman–Crippen MR) is 152 cm³/mol. The van der Waals surface area contributed by atoms with Crippen LogP contribution >= 0.6 is 0 Å². The number of pyridine rings is 1. The highest BCUT2D eigenvalue weighted by molar-refractivity contribution is 5.93. The first kappa shape index (κ1) is 26.1. The van der Waals surface area contributed by atoms with Crippen LogP contribution in [0.4, 0.5) is 5.69 Å². The number of hydrogen-bond acceptors (Lipinski definition) is 4. The summed E-state index contributed by atoms with van der Waals surface area (Å²) in [5.41, 5.74) is 11.5. The SMILES string of the molecule is CC(C)(N)c1ccc(-c2ncc(NC(=O)C[C@H]3CC[C@H](NC(=O)C4CC4)CC3)cc2-c2ccccc2)cc1. The van der Waals surface area contributed by atoms with E-state index in [1.807, 2.05) is 50.2 Å². The number of nitrogens with two attached hydrogens (primary N) is 1. The van der Waals surface area contributed by atoms with Crippen LogP contribution in [0.15, 0.2) is 66.9 Å². The van der Waals surface area contributed by atoms with Gasteiger partial charge < -0.3 is 16.4 Å². The largest absolute Gasteiger partial charge is 0.353 e. The molecule has 1 heterocycles. The fourth-order valence-corrected chi connectivity index (χ4v) is 5.31. The first-order valence-electron chi connectivity index (χ1n) is 13.8. The number of amides is 2. The zero-order chi connectivity index (χ0) is 26.7. The lowest BCUT2D eigenvalue weighted by atomic mass is 9.84. The summed E-state index contributed by atoms with van der Waals surface area (Å²) in [6.07, 6.45) is 8.11. The van der Waals surface area contributed by atoms with Crippen LogP contribution in [-0.2, 0) is 15.1 Å². The van der Waals surface area contributed by atoms with E-state index < -0.39 is 5.54 Å². The molecule has 2 aromatic carbocycles. The molecule has 6 heteroatoms. The molecule has 0 unspecified atom stereocenters. The van der Waals surface area contributed by atoms with Crippen LogP contribution in [0.1, 0.15) is 64.4 Å². The molecule has 2 amide bonds. The number of aromatic nitrogens is 1. The molecule has 0 aliphatic heterocycles. The molecule has 2 aliphatic rings. The lowest BCUT2D eigenvalue weighted by Gasteiger charge is -2.28. The summed E-state index contributed by atoms with van der Waals surface area (Å²) in [5, 5.41) is 6.28. The molecule has 2 saturated carbocycles. The molecule has 2 aliphatic carbocycles. The Hall–Kier alpha value is -3.51. The van der Waals surface area contributed by atoms with Crippen LogP contribution in [-0.4, -0.2) is 22.8 Å². The van der Waals surface area contributed by atoms with Gasteiger partial charge in [-0.3, -0.25) is 14.6 Å². The van der Waals surface area contributed by atoms with Gasteiger partial charge in [0.15, 0.2) is 0 Å². The molecule has 0 bridgehead atoms. The van der Waals surface area contributed by atoms with Crippen LogP contribution < -0.4 is 16.4 Å². The van der Waals surface area contributed by atoms with E-state index in [1.165, 1.54) is 0 Å². The van der Waals surface area contributed by atoms with Crippen molar-refractivity contribution >= 4 is 17.5 Å². The molecule has 1 aromatic heterocycles. The Morgan fingerprint density at radius 3 is 2.24 bits per heavy atom. The zero-order valence-corrected chi connectivity index (χ0v) is 22.4. The van der Waals surface area contributed by atoms with Crippen LogP contribution in [0, 0.1) is 11.8 Å². The van der Waals surface area contributed by atoms with Crippen LogP contribution in [0.25, 0.3) is 22.4 Å². The van der Waals surface area contributed by atoms with Crippen LogP contribution in [0.3, 0.4) is 0 Å². The quantitative estimate of drug-likeness (QED) is 0.345. The molecule has 0 atom stereocenters. The zero-order valence-electron chi connectivity index (χ0n) is 22.4. The van der Waals surface area contributed by atoms with Gasteiger partial charge in [0.1, 0.15) is 0 Å². The topological polar surface area (TPSA) is 97.1 Å². The van der Waals surface area contributed by atoms with Gasteiger partial charge in [-0.25, -0.2) is 0 Å². The molecule has 0 spiro atoms. The Balaban J connectivity index is 1.26. The molecule has 0 saturated heterocycles. The van der Waals surface area contributed by atoms with Crippen molar-refractivity contribution in [1.82, 2.24) is 10.3 Å². The number of rotatable bonds is 8. The van der Waals surface area contributed by atoms with E-state index in [9.17, 15) is 9.59 Å². The van der Waals surface area contributed by atoms with Gasteiger partial charge in [0, 0.05) is 35.0 Å². The molecule has 0 radical (unpaired) electrons. The van der Waals surface area contributed by atoms with E-state index >= 15 is 0 Å². The standard InChI is InChI=1S/C32H38N4O2/c1-32(2,33)25-14-12-23(13-15-25)30-28(22-6-4-3-5-7-22)19-27(20-34-30)35-29(37)18-21-8-16-26(17-9-21)36-31(38)24-10-11-24/h3-7,12-15,19-21,24,26H,8-11,16-18,33H2,1-2H3,(H,35,37)(H,36,38)/t21-,26-. The molecule has 198 valence electrons. The van der Waals surface area contributed by atoms with E-state index in [1.54, 1.807) is 6.20 Å². The van der Waals surface area contributed by atoms with E-state index in [2.05, 4.69) is 34.9 Å². The van der Waals surface area contributed by atoms with E-state index in [-0.39, 0.29) is 23.8 Å². The first-order chi connectivity index (χ1) is 18.3. The Bertz CT molecular complexity index is 1270. The number of carbonyl (C=O) groups is 2. The lowest BCUT2D eigenvalue weighted by molar-refractivity contribution is -0.123.